The van der Waals surface area contributed by atoms with Gasteiger partial charge in [-0.05, 0) is 22.0 Å². The minimum atomic E-state index is 0.874. The van der Waals surface area contributed by atoms with Gasteiger partial charge in [-0.15, -0.1) is 0 Å². The molecule has 13 heavy (non-hydrogen) atoms. The summed E-state index contributed by atoms with van der Waals surface area (Å²) in [6.07, 6.45) is 3.21. The van der Waals surface area contributed by atoms with Gasteiger partial charge < -0.3 is 10.2 Å². The number of nitrogens with zero attached hydrogens (tertiary/aromatic N) is 1. The molecule has 0 atom stereocenters. The Hall–Kier alpha value is -1.29. The molecule has 2 N–H and O–H groups in total. The van der Waals surface area contributed by atoms with E-state index in [0.717, 1.165) is 20.9 Å². The predicted octanol–water partition coefficient (Wildman–Crippen LogP) is 2.74. The molecule has 1 aromatic carbocycles. The van der Waals surface area contributed by atoms with Crippen LogP contribution in [0.25, 0.3) is 10.9 Å². The molecule has 0 saturated carbocycles. The van der Waals surface area contributed by atoms with Gasteiger partial charge in [0.25, 0.3) is 0 Å². The monoisotopic (exact) mass is 238 g/mol. The zero-order chi connectivity index (χ0) is 9.26. The maximum atomic E-state index is 8.41. The molecule has 0 spiro atoms. The molecule has 0 fully saturated rings. The van der Waals surface area contributed by atoms with Crippen LogP contribution >= 0.6 is 15.9 Å². The molecule has 0 aliphatic carbocycles. The molecule has 0 unspecified atom stereocenters. The first-order valence-corrected chi connectivity index (χ1v) is 4.55. The molecule has 0 amide bonds. The van der Waals surface area contributed by atoms with Crippen molar-refractivity contribution in [2.24, 2.45) is 5.16 Å². The van der Waals surface area contributed by atoms with E-state index >= 15 is 0 Å². The van der Waals surface area contributed by atoms with Gasteiger partial charge in [-0.25, -0.2) is 0 Å². The Bertz CT molecular complexity index is 462. The van der Waals surface area contributed by atoms with Gasteiger partial charge in [-0.2, -0.15) is 0 Å². The summed E-state index contributed by atoms with van der Waals surface area (Å²) in [6.45, 7) is 0. The highest BCUT2D eigenvalue weighted by Gasteiger charge is 2.03. The van der Waals surface area contributed by atoms with E-state index in [2.05, 4.69) is 26.1 Å². The van der Waals surface area contributed by atoms with Gasteiger partial charge in [-0.3, -0.25) is 0 Å². The summed E-state index contributed by atoms with van der Waals surface area (Å²) in [6, 6.07) is 5.86. The number of aromatic amines is 1. The normalized spacial score (nSPS) is 11.5. The average molecular weight is 239 g/mol. The van der Waals surface area contributed by atoms with Crippen LogP contribution < -0.4 is 0 Å². The van der Waals surface area contributed by atoms with Crippen LogP contribution in [-0.4, -0.2) is 16.4 Å². The average Bonchev–Trinajstić information content (AvgIpc) is 2.51. The Kier molecular flexibility index (Phi) is 2.06. The van der Waals surface area contributed by atoms with Gasteiger partial charge in [0.1, 0.15) is 0 Å². The second-order valence-electron chi connectivity index (χ2n) is 2.65. The van der Waals surface area contributed by atoms with Gasteiger partial charge in [0.05, 0.1) is 11.7 Å². The molecule has 66 valence electrons. The number of oxime groups is 1. The maximum Gasteiger partial charge on any atom is 0.0755 e. The van der Waals surface area contributed by atoms with Crippen molar-refractivity contribution in [3.05, 3.63) is 34.4 Å². The van der Waals surface area contributed by atoms with Crippen molar-refractivity contribution in [3.8, 4) is 0 Å². The lowest BCUT2D eigenvalue weighted by Gasteiger charge is -1.92. The highest BCUT2D eigenvalue weighted by atomic mass is 79.9. The Morgan fingerprint density at radius 2 is 2.31 bits per heavy atom. The maximum absolute atomic E-state index is 8.41. The topological polar surface area (TPSA) is 48.4 Å². The molecule has 0 bridgehead atoms. The Labute approximate surface area is 83.2 Å². The lowest BCUT2D eigenvalue weighted by atomic mass is 10.2. The SMILES string of the molecule is O/N=C/c1c[nH]c2c(Br)cccc12. The zero-order valence-corrected chi connectivity index (χ0v) is 8.25. The van der Waals surface area contributed by atoms with Crippen LogP contribution in [0.2, 0.25) is 0 Å². The van der Waals surface area contributed by atoms with E-state index in [1.807, 2.05) is 18.2 Å². The number of halogens is 1. The summed E-state index contributed by atoms with van der Waals surface area (Å²) in [4.78, 5) is 3.09. The lowest BCUT2D eigenvalue weighted by Crippen LogP contribution is -1.76. The van der Waals surface area contributed by atoms with Gasteiger partial charge in [0, 0.05) is 21.6 Å². The van der Waals surface area contributed by atoms with E-state index in [1.165, 1.54) is 6.21 Å². The van der Waals surface area contributed by atoms with Gasteiger partial charge in [0.15, 0.2) is 0 Å². The molecule has 3 nitrogen and oxygen atoms in total. The molecule has 0 aliphatic heterocycles. The molecule has 4 heteroatoms. The number of fused-ring (bicyclic) bond motifs is 1. The van der Waals surface area contributed by atoms with Crippen LogP contribution in [0.5, 0.6) is 0 Å². The van der Waals surface area contributed by atoms with E-state index in [9.17, 15) is 0 Å². The summed E-state index contributed by atoms with van der Waals surface area (Å²) in [7, 11) is 0. The van der Waals surface area contributed by atoms with Crippen LogP contribution in [0.4, 0.5) is 0 Å². The van der Waals surface area contributed by atoms with Crippen LogP contribution in [0.15, 0.2) is 34.0 Å². The Balaban J connectivity index is 2.75. The molecule has 0 aliphatic rings. The predicted molar refractivity (Wildman–Crippen MR) is 55.4 cm³/mol. The first kappa shape index (κ1) is 8.31. The highest BCUT2D eigenvalue weighted by Crippen LogP contribution is 2.24. The van der Waals surface area contributed by atoms with Crippen molar-refractivity contribution in [2.45, 2.75) is 0 Å². The second-order valence-corrected chi connectivity index (χ2v) is 3.51. The van der Waals surface area contributed by atoms with Crippen molar-refractivity contribution in [1.29, 1.82) is 0 Å². The van der Waals surface area contributed by atoms with Gasteiger partial charge >= 0.3 is 0 Å². The molecule has 2 aromatic rings. The van der Waals surface area contributed by atoms with Crippen LogP contribution in [0, 0.1) is 0 Å². The number of hydrogen-bond donors (Lipinski definition) is 2. The van der Waals surface area contributed by atoms with Crippen molar-refractivity contribution in [2.75, 3.05) is 0 Å². The first-order chi connectivity index (χ1) is 6.33. The molecule has 1 heterocycles. The fourth-order valence-electron chi connectivity index (χ4n) is 1.31. The Morgan fingerprint density at radius 3 is 3.08 bits per heavy atom. The zero-order valence-electron chi connectivity index (χ0n) is 6.66. The first-order valence-electron chi connectivity index (χ1n) is 3.76. The standard InChI is InChI=1S/C9H7BrN2O/c10-8-3-1-2-7-6(5-12-13)4-11-9(7)8/h1-5,11,13H/b12-5+. The molecule has 0 saturated heterocycles. The molecule has 0 radical (unpaired) electrons. The smallest absolute Gasteiger partial charge is 0.0755 e. The van der Waals surface area contributed by atoms with Crippen molar-refractivity contribution < 1.29 is 5.21 Å². The molecular formula is C9H7BrN2O. The largest absolute Gasteiger partial charge is 0.411 e. The van der Waals surface area contributed by atoms with Crippen molar-refractivity contribution in [3.63, 3.8) is 0 Å². The third-order valence-electron chi connectivity index (χ3n) is 1.89. The van der Waals surface area contributed by atoms with E-state index in [0.29, 0.717) is 0 Å². The highest BCUT2D eigenvalue weighted by molar-refractivity contribution is 9.10. The minimum Gasteiger partial charge on any atom is -0.411 e. The summed E-state index contributed by atoms with van der Waals surface area (Å²) in [5.74, 6) is 0. The van der Waals surface area contributed by atoms with Crippen LogP contribution in [0.1, 0.15) is 5.56 Å². The minimum absolute atomic E-state index is 0.874. The third-order valence-corrected chi connectivity index (χ3v) is 2.55. The third kappa shape index (κ3) is 1.33. The number of nitrogens with one attached hydrogen (secondary N) is 1. The molecule has 2 rings (SSSR count). The van der Waals surface area contributed by atoms with Crippen LogP contribution in [0.3, 0.4) is 0 Å². The van der Waals surface area contributed by atoms with Crippen molar-refractivity contribution >= 4 is 33.0 Å². The lowest BCUT2D eigenvalue weighted by molar-refractivity contribution is 0.322. The number of hydrogen-bond acceptors (Lipinski definition) is 2. The van der Waals surface area contributed by atoms with E-state index in [-0.39, 0.29) is 0 Å². The molecule has 1 aromatic heterocycles. The summed E-state index contributed by atoms with van der Waals surface area (Å²) in [5, 5.41) is 12.4. The van der Waals surface area contributed by atoms with Crippen LogP contribution in [-0.2, 0) is 0 Å². The Morgan fingerprint density at radius 1 is 1.46 bits per heavy atom. The van der Waals surface area contributed by atoms with E-state index in [4.69, 9.17) is 5.21 Å². The number of para-hydroxylation sites is 1. The van der Waals surface area contributed by atoms with Gasteiger partial charge in [-0.1, -0.05) is 17.3 Å². The van der Waals surface area contributed by atoms with E-state index < -0.39 is 0 Å². The number of rotatable bonds is 1. The number of H-pyrrole nitrogens is 1. The summed E-state index contributed by atoms with van der Waals surface area (Å²) >= 11 is 3.42. The number of aromatic nitrogens is 1. The van der Waals surface area contributed by atoms with Gasteiger partial charge in [0.2, 0.25) is 0 Å². The summed E-state index contributed by atoms with van der Waals surface area (Å²) < 4.78 is 1.00. The second kappa shape index (κ2) is 3.22. The fraction of sp³-hybridized carbons (Fsp3) is 0. The quantitative estimate of drug-likeness (QED) is 0.448. The van der Waals surface area contributed by atoms with E-state index in [1.54, 1.807) is 6.20 Å². The molecular weight excluding hydrogens is 232 g/mol. The number of benzene rings is 1. The van der Waals surface area contributed by atoms with Crippen molar-refractivity contribution in [1.82, 2.24) is 4.98 Å². The summed E-state index contributed by atoms with van der Waals surface area (Å²) in [5.41, 5.74) is 1.89. The fourth-order valence-corrected chi connectivity index (χ4v) is 1.79.